The van der Waals surface area contributed by atoms with E-state index in [9.17, 15) is 19.2 Å². The van der Waals surface area contributed by atoms with E-state index in [4.69, 9.17) is 4.42 Å². The van der Waals surface area contributed by atoms with Gasteiger partial charge in [0.1, 0.15) is 5.76 Å². The fourth-order valence-electron chi connectivity index (χ4n) is 4.00. The number of furan rings is 1. The van der Waals surface area contributed by atoms with Crippen LogP contribution in [0.4, 0.5) is 0 Å². The molecule has 0 saturated carbocycles. The molecule has 2 aromatic rings. The second-order valence-electron chi connectivity index (χ2n) is 7.84. The van der Waals surface area contributed by atoms with Gasteiger partial charge >= 0.3 is 0 Å². The maximum atomic E-state index is 12.7. The summed E-state index contributed by atoms with van der Waals surface area (Å²) in [6.45, 7) is 1.83. The highest BCUT2D eigenvalue weighted by atomic mass is 16.3. The van der Waals surface area contributed by atoms with E-state index in [0.29, 0.717) is 5.76 Å². The first-order valence-corrected chi connectivity index (χ1v) is 10.6. The SMILES string of the molecule is O=C(NCCC(=O)N1CCCCCC1)c1ccc2c(c1)C(=O)N(Cc1ccco1)C2=O. The van der Waals surface area contributed by atoms with Crippen LogP contribution in [0.1, 0.15) is 68.9 Å². The zero-order valence-corrected chi connectivity index (χ0v) is 17.3. The molecule has 3 heterocycles. The number of imide groups is 1. The van der Waals surface area contributed by atoms with Crippen molar-refractivity contribution in [3.8, 4) is 0 Å². The molecular weight excluding hydrogens is 398 g/mol. The molecule has 1 N–H and O–H groups in total. The van der Waals surface area contributed by atoms with Crippen molar-refractivity contribution < 1.29 is 23.6 Å². The van der Waals surface area contributed by atoms with Gasteiger partial charge in [0, 0.05) is 31.6 Å². The summed E-state index contributed by atoms with van der Waals surface area (Å²) in [5.74, 6) is -0.697. The molecule has 8 heteroatoms. The lowest BCUT2D eigenvalue weighted by atomic mass is 10.1. The molecule has 1 aromatic carbocycles. The zero-order valence-electron chi connectivity index (χ0n) is 17.3. The molecule has 2 aliphatic heterocycles. The van der Waals surface area contributed by atoms with E-state index < -0.39 is 11.8 Å². The minimum atomic E-state index is -0.456. The third kappa shape index (κ3) is 4.52. The second kappa shape index (κ2) is 9.16. The topological polar surface area (TPSA) is 99.9 Å². The molecule has 0 radical (unpaired) electrons. The monoisotopic (exact) mass is 423 g/mol. The molecule has 2 aliphatic rings. The van der Waals surface area contributed by atoms with Gasteiger partial charge < -0.3 is 14.6 Å². The third-order valence-electron chi connectivity index (χ3n) is 5.71. The molecule has 162 valence electrons. The largest absolute Gasteiger partial charge is 0.467 e. The summed E-state index contributed by atoms with van der Waals surface area (Å²) in [4.78, 5) is 53.1. The maximum absolute atomic E-state index is 12.7. The van der Waals surface area contributed by atoms with E-state index in [2.05, 4.69) is 5.32 Å². The summed E-state index contributed by atoms with van der Waals surface area (Å²) in [7, 11) is 0. The maximum Gasteiger partial charge on any atom is 0.261 e. The standard InChI is InChI=1S/C23H25N3O5/c27-20(25-11-3-1-2-4-12-25)9-10-24-21(28)16-7-8-18-19(14-16)23(30)26(22(18)29)15-17-6-5-13-31-17/h5-8,13-14H,1-4,9-12,15H2,(H,24,28). The first-order valence-electron chi connectivity index (χ1n) is 10.6. The predicted molar refractivity (Wildman–Crippen MR) is 111 cm³/mol. The van der Waals surface area contributed by atoms with Crippen molar-refractivity contribution in [2.24, 2.45) is 0 Å². The van der Waals surface area contributed by atoms with Gasteiger partial charge in [-0.15, -0.1) is 0 Å². The predicted octanol–water partition coefficient (Wildman–Crippen LogP) is 2.60. The summed E-state index contributed by atoms with van der Waals surface area (Å²) in [5.41, 5.74) is 0.747. The number of carbonyl (C=O) groups excluding carboxylic acids is 4. The Hall–Kier alpha value is -3.42. The highest BCUT2D eigenvalue weighted by Crippen LogP contribution is 2.25. The molecule has 0 atom stereocenters. The Kier molecular flexibility index (Phi) is 6.16. The van der Waals surface area contributed by atoms with Crippen molar-refractivity contribution in [2.75, 3.05) is 19.6 Å². The Labute approximate surface area is 180 Å². The number of hydrogen-bond donors (Lipinski definition) is 1. The number of nitrogens with one attached hydrogen (secondary N) is 1. The van der Waals surface area contributed by atoms with Gasteiger partial charge in [-0.3, -0.25) is 24.1 Å². The number of amides is 4. The van der Waals surface area contributed by atoms with E-state index in [-0.39, 0.29) is 48.0 Å². The molecule has 4 rings (SSSR count). The molecule has 1 fully saturated rings. The van der Waals surface area contributed by atoms with E-state index >= 15 is 0 Å². The zero-order chi connectivity index (χ0) is 21.8. The molecule has 0 bridgehead atoms. The van der Waals surface area contributed by atoms with Crippen LogP contribution >= 0.6 is 0 Å². The van der Waals surface area contributed by atoms with Crippen LogP contribution in [0, 0.1) is 0 Å². The fourth-order valence-corrected chi connectivity index (χ4v) is 4.00. The molecule has 31 heavy (non-hydrogen) atoms. The molecule has 1 saturated heterocycles. The van der Waals surface area contributed by atoms with Crippen LogP contribution in [-0.4, -0.2) is 53.1 Å². The number of benzene rings is 1. The fraction of sp³-hybridized carbons (Fsp3) is 0.391. The Balaban J connectivity index is 1.35. The highest BCUT2D eigenvalue weighted by molar-refractivity contribution is 6.22. The number of carbonyl (C=O) groups is 4. The van der Waals surface area contributed by atoms with Gasteiger partial charge in [-0.25, -0.2) is 0 Å². The number of rotatable bonds is 6. The first-order chi connectivity index (χ1) is 15.0. The lowest BCUT2D eigenvalue weighted by Crippen LogP contribution is -2.35. The van der Waals surface area contributed by atoms with E-state index in [1.54, 1.807) is 12.1 Å². The quantitative estimate of drug-likeness (QED) is 0.720. The third-order valence-corrected chi connectivity index (χ3v) is 5.71. The Morgan fingerprint density at radius 3 is 2.42 bits per heavy atom. The molecular formula is C23H25N3O5. The number of hydrogen-bond acceptors (Lipinski definition) is 5. The number of nitrogens with zero attached hydrogens (tertiary/aromatic N) is 2. The second-order valence-corrected chi connectivity index (χ2v) is 7.84. The summed E-state index contributed by atoms with van der Waals surface area (Å²) in [5, 5.41) is 2.74. The van der Waals surface area contributed by atoms with Gasteiger partial charge in [0.2, 0.25) is 5.91 Å². The van der Waals surface area contributed by atoms with Crippen LogP contribution in [0.2, 0.25) is 0 Å². The van der Waals surface area contributed by atoms with Crippen molar-refractivity contribution in [2.45, 2.75) is 38.6 Å². The van der Waals surface area contributed by atoms with Crippen LogP contribution in [0.3, 0.4) is 0 Å². The van der Waals surface area contributed by atoms with Crippen molar-refractivity contribution in [3.63, 3.8) is 0 Å². The summed E-state index contributed by atoms with van der Waals surface area (Å²) in [6, 6.07) is 7.83. The minimum absolute atomic E-state index is 0.0412. The van der Waals surface area contributed by atoms with Gasteiger partial charge in [-0.1, -0.05) is 12.8 Å². The lowest BCUT2D eigenvalue weighted by molar-refractivity contribution is -0.131. The van der Waals surface area contributed by atoms with Crippen LogP contribution < -0.4 is 5.32 Å². The van der Waals surface area contributed by atoms with E-state index in [0.717, 1.165) is 43.7 Å². The van der Waals surface area contributed by atoms with Crippen LogP contribution in [0.25, 0.3) is 0 Å². The number of likely N-dealkylation sites (tertiary alicyclic amines) is 1. The van der Waals surface area contributed by atoms with Crippen LogP contribution in [-0.2, 0) is 11.3 Å². The smallest absolute Gasteiger partial charge is 0.261 e. The molecule has 4 amide bonds. The molecule has 0 spiro atoms. The van der Waals surface area contributed by atoms with Crippen molar-refractivity contribution in [1.82, 2.24) is 15.1 Å². The molecule has 0 aliphatic carbocycles. The van der Waals surface area contributed by atoms with Crippen LogP contribution in [0.5, 0.6) is 0 Å². The van der Waals surface area contributed by atoms with Gasteiger partial charge in [0.25, 0.3) is 17.7 Å². The Morgan fingerprint density at radius 2 is 1.71 bits per heavy atom. The average Bonchev–Trinajstić information content (AvgIpc) is 3.25. The normalized spacial score (nSPS) is 16.3. The Bertz CT molecular complexity index is 991. The van der Waals surface area contributed by atoms with E-state index in [1.165, 1.54) is 24.5 Å². The Morgan fingerprint density at radius 1 is 0.968 bits per heavy atom. The minimum Gasteiger partial charge on any atom is -0.467 e. The first kappa shape index (κ1) is 20.8. The van der Waals surface area contributed by atoms with Gasteiger partial charge in [0.05, 0.1) is 23.9 Å². The molecule has 1 aromatic heterocycles. The van der Waals surface area contributed by atoms with Crippen molar-refractivity contribution in [1.29, 1.82) is 0 Å². The number of fused-ring (bicyclic) bond motifs is 1. The average molecular weight is 423 g/mol. The molecule has 0 unspecified atom stereocenters. The summed E-state index contributed by atoms with van der Waals surface area (Å²) in [6.07, 6.45) is 6.07. The van der Waals surface area contributed by atoms with E-state index in [1.807, 2.05) is 4.90 Å². The van der Waals surface area contributed by atoms with Crippen molar-refractivity contribution >= 4 is 23.6 Å². The highest BCUT2D eigenvalue weighted by Gasteiger charge is 2.36. The van der Waals surface area contributed by atoms with Gasteiger partial charge in [-0.2, -0.15) is 0 Å². The van der Waals surface area contributed by atoms with Crippen LogP contribution in [0.15, 0.2) is 41.0 Å². The summed E-state index contributed by atoms with van der Waals surface area (Å²) >= 11 is 0. The van der Waals surface area contributed by atoms with Gasteiger partial charge in [-0.05, 0) is 43.2 Å². The van der Waals surface area contributed by atoms with Gasteiger partial charge in [0.15, 0.2) is 0 Å². The van der Waals surface area contributed by atoms with Crippen molar-refractivity contribution in [3.05, 3.63) is 59.0 Å². The molecule has 8 nitrogen and oxygen atoms in total. The lowest BCUT2D eigenvalue weighted by Gasteiger charge is -2.20. The summed E-state index contributed by atoms with van der Waals surface area (Å²) < 4.78 is 5.23.